The number of benzene rings is 2. The maximum Gasteiger partial charge on any atom is 0.263 e. The van der Waals surface area contributed by atoms with Gasteiger partial charge in [-0.25, -0.2) is 13.4 Å². The van der Waals surface area contributed by atoms with Crippen LogP contribution in [0.15, 0.2) is 77.8 Å². The minimum absolute atomic E-state index is 0.00665. The summed E-state index contributed by atoms with van der Waals surface area (Å²) in [4.78, 5) is 19.8. The van der Waals surface area contributed by atoms with Crippen LogP contribution in [0.4, 0.5) is 5.82 Å². The van der Waals surface area contributed by atoms with Crippen LogP contribution in [-0.4, -0.2) is 36.4 Å². The Hall–Kier alpha value is -3.53. The highest BCUT2D eigenvalue weighted by Crippen LogP contribution is 2.37. The molecule has 172 valence electrons. The van der Waals surface area contributed by atoms with Crippen LogP contribution in [0.1, 0.15) is 21.5 Å². The number of fused-ring (bicyclic) bond motifs is 1. The molecule has 4 aromatic rings. The fourth-order valence-electron chi connectivity index (χ4n) is 3.97. The second-order valence-electron chi connectivity index (χ2n) is 8.00. The quantitative estimate of drug-likeness (QED) is 0.418. The summed E-state index contributed by atoms with van der Waals surface area (Å²) in [6, 6.07) is 19.7. The summed E-state index contributed by atoms with van der Waals surface area (Å²) in [7, 11) is -2.17. The Bertz CT molecular complexity index is 1500. The molecule has 2 aromatic carbocycles. The molecule has 0 aliphatic carbocycles. The Morgan fingerprint density at radius 2 is 1.76 bits per heavy atom. The van der Waals surface area contributed by atoms with Gasteiger partial charge in [-0.15, -0.1) is 11.3 Å². The van der Waals surface area contributed by atoms with Crippen LogP contribution in [0.25, 0.3) is 20.9 Å². The molecule has 3 heterocycles. The van der Waals surface area contributed by atoms with E-state index in [2.05, 4.69) is 9.71 Å². The highest BCUT2D eigenvalue weighted by atomic mass is 32.2. The molecular weight excluding hydrogens is 470 g/mol. The lowest BCUT2D eigenvalue weighted by Crippen LogP contribution is -2.17. The topological polar surface area (TPSA) is 99.6 Å². The molecule has 0 saturated heterocycles. The van der Waals surface area contributed by atoms with Crippen molar-refractivity contribution in [3.63, 3.8) is 0 Å². The van der Waals surface area contributed by atoms with E-state index in [9.17, 15) is 18.3 Å². The number of nitrogens with zero attached hydrogens (tertiary/aromatic N) is 2. The molecule has 1 aliphatic rings. The van der Waals surface area contributed by atoms with Gasteiger partial charge in [0.25, 0.3) is 15.9 Å². The molecule has 9 heteroatoms. The normalized spacial score (nSPS) is 13.2. The van der Waals surface area contributed by atoms with Crippen LogP contribution in [0.3, 0.4) is 0 Å². The number of nitrogens with one attached hydrogen (secondary N) is 1. The van der Waals surface area contributed by atoms with Gasteiger partial charge in [0.15, 0.2) is 0 Å². The van der Waals surface area contributed by atoms with E-state index in [1.54, 1.807) is 48.3 Å². The van der Waals surface area contributed by atoms with Crippen LogP contribution >= 0.6 is 11.3 Å². The van der Waals surface area contributed by atoms with Crippen LogP contribution in [0.5, 0.6) is 0 Å². The van der Waals surface area contributed by atoms with E-state index in [0.29, 0.717) is 12.1 Å². The third-order valence-corrected chi connectivity index (χ3v) is 8.32. The first-order valence-electron chi connectivity index (χ1n) is 10.5. The zero-order valence-corrected chi connectivity index (χ0v) is 19.9. The van der Waals surface area contributed by atoms with Crippen molar-refractivity contribution in [2.24, 2.45) is 0 Å². The zero-order chi connectivity index (χ0) is 23.9. The number of aliphatic hydroxyl groups is 1. The lowest BCUT2D eigenvalue weighted by Gasteiger charge is -2.12. The Balaban J connectivity index is 1.48. The number of amides is 1. The van der Waals surface area contributed by atoms with Gasteiger partial charge < -0.3 is 10.0 Å². The van der Waals surface area contributed by atoms with Crippen molar-refractivity contribution in [1.82, 2.24) is 9.88 Å². The van der Waals surface area contributed by atoms with Gasteiger partial charge in [-0.2, -0.15) is 0 Å². The SMILES string of the molecule is CN1Cc2cc(-c3ccc(-c4ccc(CO)c(S(=O)(=O)Nc5ccccn5)c4)s3)ccc2C1=O. The zero-order valence-electron chi connectivity index (χ0n) is 18.2. The lowest BCUT2D eigenvalue weighted by atomic mass is 10.1. The minimum Gasteiger partial charge on any atom is -0.392 e. The van der Waals surface area contributed by atoms with Gasteiger partial charge in [0, 0.05) is 35.1 Å². The third-order valence-electron chi connectivity index (χ3n) is 5.70. The molecule has 0 saturated carbocycles. The average Bonchev–Trinajstić information content (AvgIpc) is 3.44. The number of hydrogen-bond acceptors (Lipinski definition) is 6. The summed E-state index contributed by atoms with van der Waals surface area (Å²) < 4.78 is 28.6. The number of anilines is 1. The summed E-state index contributed by atoms with van der Waals surface area (Å²) in [6.45, 7) is 0.185. The van der Waals surface area contributed by atoms with Gasteiger partial charge in [-0.3, -0.25) is 9.52 Å². The predicted octanol–water partition coefficient (Wildman–Crippen LogP) is 4.36. The number of hydrogen-bond donors (Lipinski definition) is 2. The molecule has 0 unspecified atom stereocenters. The second-order valence-corrected chi connectivity index (χ2v) is 10.7. The fraction of sp³-hybridized carbons (Fsp3) is 0.120. The van der Waals surface area contributed by atoms with Crippen LogP contribution in [-0.2, 0) is 23.2 Å². The van der Waals surface area contributed by atoms with E-state index in [0.717, 1.165) is 32.0 Å². The van der Waals surface area contributed by atoms with Crippen LogP contribution in [0.2, 0.25) is 0 Å². The average molecular weight is 492 g/mol. The minimum atomic E-state index is -3.95. The number of carbonyl (C=O) groups excluding carboxylic acids is 1. The fourth-order valence-corrected chi connectivity index (χ4v) is 6.24. The van der Waals surface area contributed by atoms with E-state index >= 15 is 0 Å². The summed E-state index contributed by atoms with van der Waals surface area (Å²) in [5, 5.41) is 9.74. The second kappa shape index (κ2) is 8.68. The first-order chi connectivity index (χ1) is 16.4. The number of sulfonamides is 1. The van der Waals surface area contributed by atoms with E-state index in [1.807, 2.05) is 30.3 Å². The van der Waals surface area contributed by atoms with Crippen molar-refractivity contribution in [3.8, 4) is 20.9 Å². The maximum absolute atomic E-state index is 13.1. The number of aromatic nitrogens is 1. The molecule has 34 heavy (non-hydrogen) atoms. The highest BCUT2D eigenvalue weighted by molar-refractivity contribution is 7.92. The molecule has 0 radical (unpaired) electrons. The molecule has 5 rings (SSSR count). The monoisotopic (exact) mass is 491 g/mol. The number of thiophene rings is 1. The first-order valence-corrected chi connectivity index (χ1v) is 12.8. The Morgan fingerprint density at radius 3 is 2.47 bits per heavy atom. The molecule has 0 atom stereocenters. The molecular formula is C25H21N3O4S2. The lowest BCUT2D eigenvalue weighted by molar-refractivity contribution is 0.0816. The van der Waals surface area contributed by atoms with Crippen molar-refractivity contribution < 1.29 is 18.3 Å². The van der Waals surface area contributed by atoms with E-state index in [-0.39, 0.29) is 16.6 Å². The third kappa shape index (κ3) is 4.09. The summed E-state index contributed by atoms with van der Waals surface area (Å²) >= 11 is 1.53. The van der Waals surface area contributed by atoms with Gasteiger partial charge in [0.2, 0.25) is 0 Å². The van der Waals surface area contributed by atoms with Crippen molar-refractivity contribution in [2.45, 2.75) is 18.0 Å². The van der Waals surface area contributed by atoms with Gasteiger partial charge in [-0.05, 0) is 64.7 Å². The van der Waals surface area contributed by atoms with E-state index < -0.39 is 16.6 Å². The highest BCUT2D eigenvalue weighted by Gasteiger charge is 2.25. The summed E-state index contributed by atoms with van der Waals surface area (Å²) in [5.41, 5.74) is 3.77. The molecule has 0 fully saturated rings. The molecule has 0 spiro atoms. The van der Waals surface area contributed by atoms with Gasteiger partial charge >= 0.3 is 0 Å². The number of carbonyl (C=O) groups is 1. The molecule has 1 aliphatic heterocycles. The summed E-state index contributed by atoms with van der Waals surface area (Å²) in [6.07, 6.45) is 1.50. The van der Waals surface area contributed by atoms with Crippen molar-refractivity contribution in [2.75, 3.05) is 11.8 Å². The Morgan fingerprint density at radius 1 is 1.03 bits per heavy atom. The van der Waals surface area contributed by atoms with E-state index in [4.69, 9.17) is 0 Å². The molecule has 0 bridgehead atoms. The molecule has 1 amide bonds. The molecule has 7 nitrogen and oxygen atoms in total. The predicted molar refractivity (Wildman–Crippen MR) is 132 cm³/mol. The molecule has 2 N–H and O–H groups in total. The Labute approximate surface area is 201 Å². The number of aliphatic hydroxyl groups excluding tert-OH is 1. The van der Waals surface area contributed by atoms with Crippen molar-refractivity contribution in [1.29, 1.82) is 0 Å². The van der Waals surface area contributed by atoms with Gasteiger partial charge in [0.05, 0.1) is 11.5 Å². The molecule has 2 aromatic heterocycles. The standard InChI is InChI=1S/C25H21N3O4S2/c1-28-14-19-12-16(7-8-20(19)25(28)30)21-9-10-22(33-21)17-5-6-18(15-29)23(13-17)34(31,32)27-24-4-2-3-11-26-24/h2-13,29H,14-15H2,1H3,(H,26,27). The van der Waals surface area contributed by atoms with E-state index in [1.165, 1.54) is 17.5 Å². The maximum atomic E-state index is 13.1. The smallest absolute Gasteiger partial charge is 0.263 e. The van der Waals surface area contributed by atoms with Crippen LogP contribution in [0, 0.1) is 0 Å². The number of pyridine rings is 1. The number of rotatable bonds is 6. The van der Waals surface area contributed by atoms with Crippen molar-refractivity contribution in [3.05, 3.63) is 89.6 Å². The van der Waals surface area contributed by atoms with Gasteiger partial charge in [-0.1, -0.05) is 24.3 Å². The summed E-state index contributed by atoms with van der Waals surface area (Å²) in [5.74, 6) is 0.237. The largest absolute Gasteiger partial charge is 0.392 e. The Kier molecular flexibility index (Phi) is 5.68. The van der Waals surface area contributed by atoms with Crippen molar-refractivity contribution >= 4 is 33.1 Å². The first kappa shape index (κ1) is 22.3. The van der Waals surface area contributed by atoms with Crippen LogP contribution < -0.4 is 4.72 Å². The van der Waals surface area contributed by atoms with Gasteiger partial charge in [0.1, 0.15) is 5.82 Å².